The van der Waals surface area contributed by atoms with Crippen LogP contribution in [0, 0.1) is 0 Å². The number of carbonyl (C=O) groups excluding carboxylic acids is 6. The van der Waals surface area contributed by atoms with Crippen molar-refractivity contribution in [3.8, 4) is 5.75 Å². The number of esters is 2. The highest BCUT2D eigenvalue weighted by atomic mass is 16.6. The molecule has 13 heteroatoms. The molecule has 0 aromatic heterocycles. The molecule has 3 aromatic carbocycles. The van der Waals surface area contributed by atoms with Crippen LogP contribution >= 0.6 is 0 Å². The van der Waals surface area contributed by atoms with Crippen molar-refractivity contribution >= 4 is 35.6 Å². The summed E-state index contributed by atoms with van der Waals surface area (Å²) >= 11 is 0. The zero-order valence-corrected chi connectivity index (χ0v) is 32.5. The molecule has 0 aliphatic heterocycles. The highest BCUT2D eigenvalue weighted by Crippen LogP contribution is 2.18. The Labute approximate surface area is 322 Å². The number of hydrogen-bond donors (Lipinski definition) is 3. The van der Waals surface area contributed by atoms with Gasteiger partial charge in [-0.3, -0.25) is 14.4 Å². The van der Waals surface area contributed by atoms with Crippen molar-refractivity contribution in [3.05, 3.63) is 101 Å². The van der Waals surface area contributed by atoms with Crippen LogP contribution in [0.15, 0.2) is 78.9 Å². The molecule has 0 spiro atoms. The molecule has 0 heterocycles. The summed E-state index contributed by atoms with van der Waals surface area (Å²) < 4.78 is 21.0. The highest BCUT2D eigenvalue weighted by Gasteiger charge is 2.32. The summed E-state index contributed by atoms with van der Waals surface area (Å²) in [5.74, 6) is -2.81. The molecule has 0 aliphatic rings. The Balaban J connectivity index is 1.84. The maximum absolute atomic E-state index is 14.0. The minimum atomic E-state index is -1.62. The zero-order chi connectivity index (χ0) is 40.4. The van der Waals surface area contributed by atoms with Gasteiger partial charge in [0.05, 0.1) is 13.2 Å². The van der Waals surface area contributed by atoms with Gasteiger partial charge < -0.3 is 34.9 Å². The highest BCUT2D eigenvalue weighted by molar-refractivity contribution is 6.09. The third-order valence-corrected chi connectivity index (χ3v) is 8.03. The third-order valence-electron chi connectivity index (χ3n) is 8.03. The van der Waals surface area contributed by atoms with Crippen LogP contribution in [0.1, 0.15) is 87.9 Å². The summed E-state index contributed by atoms with van der Waals surface area (Å²) in [6.45, 7) is 10.9. The van der Waals surface area contributed by atoms with Gasteiger partial charge in [-0.1, -0.05) is 86.5 Å². The monoisotopic (exact) mass is 759 g/mol. The van der Waals surface area contributed by atoms with Crippen LogP contribution < -0.4 is 20.7 Å². The Morgan fingerprint density at radius 3 is 1.69 bits per heavy atom. The van der Waals surface area contributed by atoms with E-state index in [-0.39, 0.29) is 37.6 Å². The average Bonchev–Trinajstić information content (AvgIpc) is 3.15. The van der Waals surface area contributed by atoms with Gasteiger partial charge in [-0.25, -0.2) is 14.4 Å². The fraction of sp³-hybridized carbons (Fsp3) is 0.429. The van der Waals surface area contributed by atoms with Gasteiger partial charge in [0.1, 0.15) is 23.4 Å². The van der Waals surface area contributed by atoms with Crippen molar-refractivity contribution in [2.45, 2.75) is 97.4 Å². The molecular formula is C42H53N3O10. The molecule has 296 valence electrons. The second-order valence-electron chi connectivity index (χ2n) is 13.7. The van der Waals surface area contributed by atoms with Crippen molar-refractivity contribution in [1.29, 1.82) is 0 Å². The number of benzene rings is 3. The fourth-order valence-electron chi connectivity index (χ4n) is 5.34. The first-order valence-electron chi connectivity index (χ1n) is 18.6. The van der Waals surface area contributed by atoms with Crippen LogP contribution in [-0.2, 0) is 46.2 Å². The molecule has 0 unspecified atom stereocenters. The van der Waals surface area contributed by atoms with E-state index >= 15 is 0 Å². The number of ketones is 1. The van der Waals surface area contributed by atoms with Crippen LogP contribution in [0.4, 0.5) is 4.79 Å². The van der Waals surface area contributed by atoms with Crippen molar-refractivity contribution in [1.82, 2.24) is 16.0 Å². The Morgan fingerprint density at radius 1 is 0.636 bits per heavy atom. The maximum atomic E-state index is 14.0. The molecule has 3 N–H and O–H groups in total. The van der Waals surface area contributed by atoms with E-state index in [4.69, 9.17) is 18.9 Å². The minimum Gasteiger partial charge on any atom is -0.467 e. The number of alkyl carbamates (subject to hydrolysis) is 1. The molecule has 0 aliphatic carbocycles. The first-order valence-corrected chi connectivity index (χ1v) is 18.6. The molecular weight excluding hydrogens is 706 g/mol. The first kappa shape index (κ1) is 43.7. The van der Waals surface area contributed by atoms with E-state index in [0.717, 1.165) is 19.3 Å². The molecule has 0 saturated heterocycles. The third kappa shape index (κ3) is 14.9. The normalized spacial score (nSPS) is 12.1. The van der Waals surface area contributed by atoms with Crippen LogP contribution in [-0.4, -0.2) is 79.2 Å². The van der Waals surface area contributed by atoms with Gasteiger partial charge in [-0.05, 0) is 64.3 Å². The number of carbonyl (C=O) groups is 6. The van der Waals surface area contributed by atoms with Crippen molar-refractivity contribution in [2.24, 2.45) is 0 Å². The van der Waals surface area contributed by atoms with E-state index in [0.29, 0.717) is 28.8 Å². The van der Waals surface area contributed by atoms with E-state index in [1.165, 1.54) is 12.1 Å². The molecule has 13 nitrogen and oxygen atoms in total. The molecule has 3 aromatic rings. The summed E-state index contributed by atoms with van der Waals surface area (Å²) in [6.07, 6.45) is 0.268. The van der Waals surface area contributed by atoms with Crippen LogP contribution in [0.25, 0.3) is 0 Å². The molecule has 0 saturated carbocycles. The van der Waals surface area contributed by atoms with Gasteiger partial charge in [-0.15, -0.1) is 0 Å². The lowest BCUT2D eigenvalue weighted by Crippen LogP contribution is -2.55. The number of unbranched alkanes of at least 4 members (excludes halogenated alkanes) is 2. The van der Waals surface area contributed by atoms with Crippen LogP contribution in [0.2, 0.25) is 0 Å². The topological polar surface area (TPSA) is 175 Å². The van der Waals surface area contributed by atoms with Gasteiger partial charge in [0.2, 0.25) is 11.8 Å². The standard InChI is InChI=1S/C42H53N3O10/c1-7-10-14-25-43-37(47)33(26-29-19-23-32(24-20-29)54-36(39(49)52-8-2)40(50)53-9-3)44-38(48)34(45-41(51)55-42(4,5)6)27-28-17-21-31(22-18-28)35(46)30-15-12-11-13-16-30/h11-13,15-24,33-34,36H,7-10,14,25-27H2,1-6H3,(H,43,47)(H,44,48)(H,45,51)/t33-,34+/m0/s1. The van der Waals surface area contributed by atoms with Crippen LogP contribution in [0.3, 0.4) is 0 Å². The molecule has 2 atom stereocenters. The molecule has 3 amide bonds. The quantitative estimate of drug-likeness (QED) is 0.0453. The van der Waals surface area contributed by atoms with E-state index < -0.39 is 53.6 Å². The van der Waals surface area contributed by atoms with E-state index in [2.05, 4.69) is 16.0 Å². The summed E-state index contributed by atoms with van der Waals surface area (Å²) in [6, 6.07) is 19.7. The van der Waals surface area contributed by atoms with Crippen molar-refractivity contribution in [3.63, 3.8) is 0 Å². The van der Waals surface area contributed by atoms with Gasteiger partial charge in [0.15, 0.2) is 5.78 Å². The smallest absolute Gasteiger partial charge is 0.408 e. The summed E-state index contributed by atoms with van der Waals surface area (Å²) in [4.78, 5) is 78.2. The lowest BCUT2D eigenvalue weighted by Gasteiger charge is -2.25. The largest absolute Gasteiger partial charge is 0.467 e. The number of ether oxygens (including phenoxy) is 4. The molecule has 0 bridgehead atoms. The predicted molar refractivity (Wildman–Crippen MR) is 205 cm³/mol. The SMILES string of the molecule is CCCCCNC(=O)[C@H](Cc1ccc(OC(C(=O)OCC)C(=O)OCC)cc1)NC(=O)[C@@H](Cc1ccc(C(=O)c2ccccc2)cc1)NC(=O)OC(C)(C)C. The van der Waals surface area contributed by atoms with Crippen molar-refractivity contribution in [2.75, 3.05) is 19.8 Å². The molecule has 55 heavy (non-hydrogen) atoms. The van der Waals surface area contributed by atoms with Crippen molar-refractivity contribution < 1.29 is 47.7 Å². The average molecular weight is 760 g/mol. The van der Waals surface area contributed by atoms with Gasteiger partial charge in [0.25, 0.3) is 6.10 Å². The number of hydrogen-bond acceptors (Lipinski definition) is 10. The minimum absolute atomic E-state index is 0.0316. The Kier molecular flexibility index (Phi) is 17.4. The summed E-state index contributed by atoms with van der Waals surface area (Å²) in [7, 11) is 0. The maximum Gasteiger partial charge on any atom is 0.408 e. The Hall–Kier alpha value is -5.72. The van der Waals surface area contributed by atoms with Crippen LogP contribution in [0.5, 0.6) is 5.75 Å². The summed E-state index contributed by atoms with van der Waals surface area (Å²) in [5.41, 5.74) is 1.44. The van der Waals surface area contributed by atoms with Gasteiger partial charge in [0, 0.05) is 30.5 Å². The molecule has 0 radical (unpaired) electrons. The number of amides is 3. The van der Waals surface area contributed by atoms with E-state index in [1.54, 1.807) is 95.3 Å². The molecule has 0 fully saturated rings. The Bertz CT molecular complexity index is 1700. The van der Waals surface area contributed by atoms with E-state index in [9.17, 15) is 28.8 Å². The second kappa shape index (κ2) is 21.9. The first-order chi connectivity index (χ1) is 26.2. The predicted octanol–water partition coefficient (Wildman–Crippen LogP) is 5.26. The lowest BCUT2D eigenvalue weighted by atomic mass is 9.99. The fourth-order valence-corrected chi connectivity index (χ4v) is 5.34. The Morgan fingerprint density at radius 2 is 1.16 bits per heavy atom. The zero-order valence-electron chi connectivity index (χ0n) is 32.5. The van der Waals surface area contributed by atoms with Gasteiger partial charge in [-0.2, -0.15) is 0 Å². The number of nitrogens with one attached hydrogen (secondary N) is 3. The lowest BCUT2D eigenvalue weighted by molar-refractivity contribution is -0.166. The number of rotatable bonds is 20. The second-order valence-corrected chi connectivity index (χ2v) is 13.7. The summed E-state index contributed by atoms with van der Waals surface area (Å²) in [5, 5.41) is 8.37. The van der Waals surface area contributed by atoms with Gasteiger partial charge >= 0.3 is 18.0 Å². The molecule has 3 rings (SSSR count). The van der Waals surface area contributed by atoms with E-state index in [1.807, 2.05) is 13.0 Å².